The molecule has 0 aromatic heterocycles. The van der Waals surface area contributed by atoms with Gasteiger partial charge in [0.25, 0.3) is 0 Å². The van der Waals surface area contributed by atoms with Gasteiger partial charge in [-0.15, -0.1) is 0 Å². The molecule has 3 N–H and O–H groups in total. The molecule has 0 aliphatic rings. The van der Waals surface area contributed by atoms with Crippen molar-refractivity contribution in [2.45, 2.75) is 26.4 Å². The molecule has 0 radical (unpaired) electrons. The summed E-state index contributed by atoms with van der Waals surface area (Å²) in [5.74, 6) is 0.201. The second-order valence-electron chi connectivity index (χ2n) is 5.08. The molecule has 0 spiro atoms. The van der Waals surface area contributed by atoms with Crippen LogP contribution in [0.25, 0.3) is 0 Å². The zero-order chi connectivity index (χ0) is 15.2. The predicted octanol–water partition coefficient (Wildman–Crippen LogP) is 3.20. The smallest absolute Gasteiger partial charge is 0.221 e. The number of nitrogens with one attached hydrogen (secondary N) is 2. The molecule has 0 heterocycles. The number of benzene rings is 2. The highest BCUT2D eigenvalue weighted by Crippen LogP contribution is 2.18. The lowest BCUT2D eigenvalue weighted by molar-refractivity contribution is -0.114. The fraction of sp³-hybridized carbons (Fsp3) is 0.235. The van der Waals surface area contributed by atoms with Crippen molar-refractivity contribution in [3.8, 4) is 5.75 Å². The van der Waals surface area contributed by atoms with Gasteiger partial charge in [-0.1, -0.05) is 24.3 Å². The summed E-state index contributed by atoms with van der Waals surface area (Å²) in [7, 11) is 0. The van der Waals surface area contributed by atoms with Gasteiger partial charge in [0.05, 0.1) is 0 Å². The predicted molar refractivity (Wildman–Crippen MR) is 84.1 cm³/mol. The zero-order valence-corrected chi connectivity index (χ0v) is 12.3. The second kappa shape index (κ2) is 6.90. The van der Waals surface area contributed by atoms with Crippen LogP contribution >= 0.6 is 0 Å². The zero-order valence-electron chi connectivity index (χ0n) is 12.3. The van der Waals surface area contributed by atoms with Gasteiger partial charge < -0.3 is 15.7 Å². The standard InChI is InChI=1S/C17H20N2O2/c1-12(18-11-14-6-8-17(21)9-7-14)15-4-3-5-16(10-15)19-13(2)20/h3-10,12,18,21H,11H2,1-2H3,(H,19,20). The number of carbonyl (C=O) groups is 1. The minimum atomic E-state index is -0.0724. The maximum absolute atomic E-state index is 11.1. The quantitative estimate of drug-likeness (QED) is 0.790. The molecule has 1 amide bonds. The number of hydrogen-bond donors (Lipinski definition) is 3. The molecule has 4 heteroatoms. The van der Waals surface area contributed by atoms with Gasteiger partial charge >= 0.3 is 0 Å². The maximum atomic E-state index is 11.1. The monoisotopic (exact) mass is 284 g/mol. The number of aromatic hydroxyl groups is 1. The van der Waals surface area contributed by atoms with Gasteiger partial charge in [0.2, 0.25) is 5.91 Å². The van der Waals surface area contributed by atoms with Crippen LogP contribution in [0.2, 0.25) is 0 Å². The molecular formula is C17H20N2O2. The molecule has 2 aromatic rings. The molecule has 0 saturated heterocycles. The first-order valence-electron chi connectivity index (χ1n) is 6.93. The largest absolute Gasteiger partial charge is 0.508 e. The Kier molecular flexibility index (Phi) is 4.95. The van der Waals surface area contributed by atoms with E-state index < -0.39 is 0 Å². The highest BCUT2D eigenvalue weighted by molar-refractivity contribution is 5.88. The van der Waals surface area contributed by atoms with Gasteiger partial charge in [0, 0.05) is 25.2 Å². The first kappa shape index (κ1) is 15.1. The van der Waals surface area contributed by atoms with Gasteiger partial charge in [-0.2, -0.15) is 0 Å². The average molecular weight is 284 g/mol. The summed E-state index contributed by atoms with van der Waals surface area (Å²) in [5.41, 5.74) is 3.02. The topological polar surface area (TPSA) is 61.4 Å². The molecule has 0 saturated carbocycles. The lowest BCUT2D eigenvalue weighted by Crippen LogP contribution is -2.18. The summed E-state index contributed by atoms with van der Waals surface area (Å²) in [6.07, 6.45) is 0. The Hall–Kier alpha value is -2.33. The lowest BCUT2D eigenvalue weighted by Gasteiger charge is -2.15. The molecule has 2 aromatic carbocycles. The van der Waals surface area contributed by atoms with E-state index in [1.807, 2.05) is 36.4 Å². The third kappa shape index (κ3) is 4.61. The minimum Gasteiger partial charge on any atom is -0.508 e. The number of carbonyl (C=O) groups excluding carboxylic acids is 1. The van der Waals surface area contributed by atoms with E-state index in [0.29, 0.717) is 6.54 Å². The summed E-state index contributed by atoms with van der Waals surface area (Å²) in [4.78, 5) is 11.1. The Labute approximate surface area is 124 Å². The highest BCUT2D eigenvalue weighted by atomic mass is 16.3. The van der Waals surface area contributed by atoms with E-state index in [9.17, 15) is 9.90 Å². The maximum Gasteiger partial charge on any atom is 0.221 e. The number of hydrogen-bond acceptors (Lipinski definition) is 3. The number of phenols is 1. The average Bonchev–Trinajstić information content (AvgIpc) is 2.46. The Morgan fingerprint density at radius 1 is 1.19 bits per heavy atom. The number of anilines is 1. The van der Waals surface area contributed by atoms with Crippen LogP contribution < -0.4 is 10.6 Å². The van der Waals surface area contributed by atoms with E-state index in [4.69, 9.17) is 0 Å². The molecule has 21 heavy (non-hydrogen) atoms. The SMILES string of the molecule is CC(=O)Nc1cccc(C(C)NCc2ccc(O)cc2)c1. The van der Waals surface area contributed by atoms with Gasteiger partial charge in [-0.05, 0) is 42.3 Å². The van der Waals surface area contributed by atoms with E-state index >= 15 is 0 Å². The van der Waals surface area contributed by atoms with Crippen molar-refractivity contribution in [2.24, 2.45) is 0 Å². The van der Waals surface area contributed by atoms with Crippen LogP contribution in [0, 0.1) is 0 Å². The fourth-order valence-electron chi connectivity index (χ4n) is 2.09. The van der Waals surface area contributed by atoms with Gasteiger partial charge in [0.15, 0.2) is 0 Å². The van der Waals surface area contributed by atoms with Crippen LogP contribution in [0.3, 0.4) is 0 Å². The van der Waals surface area contributed by atoms with E-state index in [0.717, 1.165) is 16.8 Å². The van der Waals surface area contributed by atoms with Crippen molar-refractivity contribution in [3.63, 3.8) is 0 Å². The van der Waals surface area contributed by atoms with Gasteiger partial charge in [-0.25, -0.2) is 0 Å². The summed E-state index contributed by atoms with van der Waals surface area (Å²) < 4.78 is 0. The number of rotatable bonds is 5. The van der Waals surface area contributed by atoms with Crippen molar-refractivity contribution < 1.29 is 9.90 Å². The van der Waals surface area contributed by atoms with Crippen molar-refractivity contribution in [2.75, 3.05) is 5.32 Å². The van der Waals surface area contributed by atoms with Crippen molar-refractivity contribution >= 4 is 11.6 Å². The Bertz CT molecular complexity index is 608. The molecule has 110 valence electrons. The third-order valence-electron chi connectivity index (χ3n) is 3.26. The molecular weight excluding hydrogens is 264 g/mol. The molecule has 0 aliphatic heterocycles. The third-order valence-corrected chi connectivity index (χ3v) is 3.26. The summed E-state index contributed by atoms with van der Waals surface area (Å²) in [6.45, 7) is 4.29. The number of phenolic OH excluding ortho intramolecular Hbond substituents is 1. The van der Waals surface area contributed by atoms with E-state index in [1.165, 1.54) is 6.92 Å². The van der Waals surface area contributed by atoms with Crippen molar-refractivity contribution in [3.05, 3.63) is 59.7 Å². The Balaban J connectivity index is 1.98. The Morgan fingerprint density at radius 3 is 2.57 bits per heavy atom. The molecule has 4 nitrogen and oxygen atoms in total. The van der Waals surface area contributed by atoms with Crippen molar-refractivity contribution in [1.82, 2.24) is 5.32 Å². The van der Waals surface area contributed by atoms with Crippen LogP contribution in [-0.2, 0) is 11.3 Å². The van der Waals surface area contributed by atoms with Gasteiger partial charge in [0.1, 0.15) is 5.75 Å². The highest BCUT2D eigenvalue weighted by Gasteiger charge is 2.06. The molecule has 2 rings (SSSR count). The van der Waals surface area contributed by atoms with Gasteiger partial charge in [-0.3, -0.25) is 4.79 Å². The van der Waals surface area contributed by atoms with Crippen molar-refractivity contribution in [1.29, 1.82) is 0 Å². The molecule has 1 unspecified atom stereocenters. The Morgan fingerprint density at radius 2 is 1.90 bits per heavy atom. The minimum absolute atomic E-state index is 0.0724. The van der Waals surface area contributed by atoms with Crippen LogP contribution in [0.5, 0.6) is 5.75 Å². The van der Waals surface area contributed by atoms with Crippen LogP contribution in [0.4, 0.5) is 5.69 Å². The van der Waals surface area contributed by atoms with E-state index in [1.54, 1.807) is 12.1 Å². The van der Waals surface area contributed by atoms with Crippen LogP contribution in [0.1, 0.15) is 31.0 Å². The lowest BCUT2D eigenvalue weighted by atomic mass is 10.1. The summed E-state index contributed by atoms with van der Waals surface area (Å²) >= 11 is 0. The number of amides is 1. The second-order valence-corrected chi connectivity index (χ2v) is 5.08. The molecule has 0 bridgehead atoms. The fourth-order valence-corrected chi connectivity index (χ4v) is 2.09. The first-order chi connectivity index (χ1) is 10.0. The normalized spacial score (nSPS) is 11.9. The van der Waals surface area contributed by atoms with Crippen LogP contribution in [-0.4, -0.2) is 11.0 Å². The first-order valence-corrected chi connectivity index (χ1v) is 6.93. The molecule has 1 atom stereocenters. The summed E-state index contributed by atoms with van der Waals surface area (Å²) in [5, 5.41) is 15.5. The molecule has 0 fully saturated rings. The van der Waals surface area contributed by atoms with Crippen LogP contribution in [0.15, 0.2) is 48.5 Å². The van der Waals surface area contributed by atoms with E-state index in [2.05, 4.69) is 17.6 Å². The summed E-state index contributed by atoms with van der Waals surface area (Å²) in [6, 6.07) is 15.1. The van der Waals surface area contributed by atoms with E-state index in [-0.39, 0.29) is 17.7 Å². The molecule has 0 aliphatic carbocycles.